The largest absolute Gasteiger partial charge is 0.458 e. The Balaban J connectivity index is 2.14. The van der Waals surface area contributed by atoms with Crippen molar-refractivity contribution < 1.29 is 33.4 Å². The van der Waals surface area contributed by atoms with Gasteiger partial charge in [0, 0.05) is 45.2 Å². The molecule has 2 heterocycles. The lowest BCUT2D eigenvalue weighted by atomic mass is 9.96. The SMILES string of the molecule is CCC(CC)CCC(=O)Cn1cccc(CC(=O)[C@H](CCC(=O)C(=O)OCCOC)NC(=O)c2cncn2C)c1=O. The molecular formula is C29H40N4O8. The van der Waals surface area contributed by atoms with Gasteiger partial charge in [-0.15, -0.1) is 0 Å². The molecule has 1 amide bonds. The number of ether oxygens (including phenoxy) is 2. The number of amides is 1. The van der Waals surface area contributed by atoms with E-state index in [0.29, 0.717) is 12.3 Å². The van der Waals surface area contributed by atoms with Gasteiger partial charge in [0.25, 0.3) is 11.5 Å². The second kappa shape index (κ2) is 17.0. The van der Waals surface area contributed by atoms with Gasteiger partial charge >= 0.3 is 5.97 Å². The van der Waals surface area contributed by atoms with Crippen LogP contribution in [0.25, 0.3) is 0 Å². The number of carbonyl (C=O) groups excluding carboxylic acids is 5. The van der Waals surface area contributed by atoms with Gasteiger partial charge in [-0.2, -0.15) is 0 Å². The summed E-state index contributed by atoms with van der Waals surface area (Å²) in [5.41, 5.74) is -0.149. The van der Waals surface area contributed by atoms with Crippen LogP contribution in [0.4, 0.5) is 0 Å². The van der Waals surface area contributed by atoms with Crippen LogP contribution in [0.2, 0.25) is 0 Å². The molecule has 0 saturated carbocycles. The summed E-state index contributed by atoms with van der Waals surface area (Å²) < 4.78 is 12.3. The Hall–Kier alpha value is -3.93. The fourth-order valence-electron chi connectivity index (χ4n) is 4.29. The van der Waals surface area contributed by atoms with E-state index in [1.54, 1.807) is 13.1 Å². The van der Waals surface area contributed by atoms with Crippen molar-refractivity contribution in [3.05, 3.63) is 52.5 Å². The van der Waals surface area contributed by atoms with E-state index in [1.807, 2.05) is 0 Å². The molecule has 0 spiro atoms. The van der Waals surface area contributed by atoms with Crippen molar-refractivity contribution in [3.63, 3.8) is 0 Å². The molecule has 0 fully saturated rings. The van der Waals surface area contributed by atoms with Crippen LogP contribution in [-0.4, -0.2) is 69.7 Å². The maximum absolute atomic E-state index is 13.3. The Morgan fingerprint density at radius 2 is 1.78 bits per heavy atom. The van der Waals surface area contributed by atoms with Crippen LogP contribution in [0.1, 0.15) is 68.4 Å². The Morgan fingerprint density at radius 1 is 1.05 bits per heavy atom. The van der Waals surface area contributed by atoms with E-state index < -0.39 is 35.0 Å². The first kappa shape index (κ1) is 33.3. The quantitative estimate of drug-likeness (QED) is 0.151. The van der Waals surface area contributed by atoms with Crippen LogP contribution < -0.4 is 10.9 Å². The average molecular weight is 573 g/mol. The highest BCUT2D eigenvalue weighted by Crippen LogP contribution is 2.15. The number of carbonyl (C=O) groups is 5. The van der Waals surface area contributed by atoms with Crippen molar-refractivity contribution >= 4 is 29.2 Å². The number of methoxy groups -OCH3 is 1. The molecule has 0 unspecified atom stereocenters. The maximum Gasteiger partial charge on any atom is 0.374 e. The minimum absolute atomic E-state index is 0.0697. The van der Waals surface area contributed by atoms with Crippen LogP contribution in [0.15, 0.2) is 35.6 Å². The fraction of sp³-hybridized carbons (Fsp3) is 0.552. The molecule has 0 aliphatic heterocycles. The summed E-state index contributed by atoms with van der Waals surface area (Å²) in [6.07, 6.45) is 6.45. The first-order valence-corrected chi connectivity index (χ1v) is 13.8. The van der Waals surface area contributed by atoms with Gasteiger partial charge in [-0.3, -0.25) is 24.0 Å². The molecule has 12 heteroatoms. The zero-order valence-corrected chi connectivity index (χ0v) is 24.2. The number of esters is 1. The van der Waals surface area contributed by atoms with Gasteiger partial charge in [0.2, 0.25) is 5.78 Å². The van der Waals surface area contributed by atoms with Crippen molar-refractivity contribution in [2.45, 2.75) is 71.4 Å². The van der Waals surface area contributed by atoms with E-state index in [-0.39, 0.29) is 56.1 Å². The number of ketones is 3. The smallest absolute Gasteiger partial charge is 0.374 e. The molecular weight excluding hydrogens is 532 g/mol. The maximum atomic E-state index is 13.3. The Morgan fingerprint density at radius 3 is 2.41 bits per heavy atom. The highest BCUT2D eigenvalue weighted by Gasteiger charge is 2.26. The van der Waals surface area contributed by atoms with E-state index in [1.165, 1.54) is 41.0 Å². The molecule has 2 aromatic rings. The molecule has 0 aromatic carbocycles. The molecule has 12 nitrogen and oxygen atoms in total. The molecule has 2 rings (SSSR count). The number of hydrogen-bond donors (Lipinski definition) is 1. The second-order valence-corrected chi connectivity index (χ2v) is 9.88. The summed E-state index contributed by atoms with van der Waals surface area (Å²) in [4.78, 5) is 79.9. The van der Waals surface area contributed by atoms with Crippen LogP contribution in [0.3, 0.4) is 0 Å². The number of Topliss-reactive ketones (excluding diaryl/α,β-unsaturated/α-hetero) is 3. The van der Waals surface area contributed by atoms with Crippen molar-refractivity contribution in [3.8, 4) is 0 Å². The number of nitrogens with one attached hydrogen (secondary N) is 1. The molecule has 0 bridgehead atoms. The molecule has 224 valence electrons. The van der Waals surface area contributed by atoms with E-state index in [0.717, 1.165) is 19.3 Å². The summed E-state index contributed by atoms with van der Waals surface area (Å²) in [6, 6.07) is 1.90. The zero-order chi connectivity index (χ0) is 30.4. The van der Waals surface area contributed by atoms with Gasteiger partial charge in [-0.25, -0.2) is 9.78 Å². The van der Waals surface area contributed by atoms with E-state index in [2.05, 4.69) is 24.1 Å². The first-order valence-electron chi connectivity index (χ1n) is 13.8. The molecule has 0 aliphatic rings. The fourth-order valence-corrected chi connectivity index (χ4v) is 4.29. The lowest BCUT2D eigenvalue weighted by molar-refractivity contribution is -0.154. The lowest BCUT2D eigenvalue weighted by Gasteiger charge is -2.18. The van der Waals surface area contributed by atoms with Gasteiger partial charge in [0.05, 0.1) is 31.7 Å². The topological polar surface area (TPSA) is 156 Å². The van der Waals surface area contributed by atoms with Gasteiger partial charge < -0.3 is 23.9 Å². The summed E-state index contributed by atoms with van der Waals surface area (Å²) in [7, 11) is 3.03. The number of hydrogen-bond acceptors (Lipinski definition) is 9. The third kappa shape index (κ3) is 10.5. The number of nitrogens with zero attached hydrogens (tertiary/aromatic N) is 3. The molecule has 0 radical (unpaired) electrons. The van der Waals surface area contributed by atoms with E-state index in [9.17, 15) is 28.8 Å². The number of rotatable bonds is 19. The Bertz CT molecular complexity index is 1260. The molecule has 1 N–H and O–H groups in total. The van der Waals surface area contributed by atoms with Crippen LogP contribution >= 0.6 is 0 Å². The van der Waals surface area contributed by atoms with E-state index in [4.69, 9.17) is 9.47 Å². The predicted octanol–water partition coefficient (Wildman–Crippen LogP) is 1.82. The zero-order valence-electron chi connectivity index (χ0n) is 24.2. The highest BCUT2D eigenvalue weighted by atomic mass is 16.6. The van der Waals surface area contributed by atoms with Crippen LogP contribution in [0, 0.1) is 5.92 Å². The summed E-state index contributed by atoms with van der Waals surface area (Å²) in [5.74, 6) is -2.67. The van der Waals surface area contributed by atoms with Crippen LogP contribution in [-0.2, 0) is 48.7 Å². The predicted molar refractivity (Wildman–Crippen MR) is 149 cm³/mol. The normalized spacial score (nSPS) is 11.7. The van der Waals surface area contributed by atoms with Gasteiger partial charge in [-0.1, -0.05) is 32.8 Å². The molecule has 0 saturated heterocycles. The number of pyridine rings is 1. The molecule has 41 heavy (non-hydrogen) atoms. The molecule has 2 aromatic heterocycles. The Labute approximate surface area is 239 Å². The second-order valence-electron chi connectivity index (χ2n) is 9.88. The van der Waals surface area contributed by atoms with Crippen molar-refractivity contribution in [2.24, 2.45) is 13.0 Å². The first-order chi connectivity index (χ1) is 19.6. The standard InChI is InChI=1S/C29H40N4O8/c1-5-20(6-2)9-10-22(34)18-33-13-7-8-21(28(33)38)16-26(36)23(31-27(37)24-17-30-19-32(24)3)11-12-25(35)29(39)41-15-14-40-4/h7-8,13,17,19-20,23H,5-6,9-12,14-16,18H2,1-4H3,(H,31,37)/t23-/m0/s1. The number of aromatic nitrogens is 3. The minimum atomic E-state index is -1.18. The monoisotopic (exact) mass is 572 g/mol. The number of aryl methyl sites for hydroxylation is 1. The van der Waals surface area contributed by atoms with Crippen LogP contribution in [0.5, 0.6) is 0 Å². The Kier molecular flexibility index (Phi) is 13.8. The van der Waals surface area contributed by atoms with E-state index >= 15 is 0 Å². The number of imidazole rings is 1. The third-order valence-electron chi connectivity index (χ3n) is 6.95. The minimum Gasteiger partial charge on any atom is -0.458 e. The van der Waals surface area contributed by atoms with Crippen molar-refractivity contribution in [1.29, 1.82) is 0 Å². The third-order valence-corrected chi connectivity index (χ3v) is 6.95. The lowest BCUT2D eigenvalue weighted by Crippen LogP contribution is -2.43. The highest BCUT2D eigenvalue weighted by molar-refractivity contribution is 6.33. The summed E-state index contributed by atoms with van der Waals surface area (Å²) >= 11 is 0. The van der Waals surface area contributed by atoms with Gasteiger partial charge in [0.15, 0.2) is 11.6 Å². The average Bonchev–Trinajstić information content (AvgIpc) is 3.39. The summed E-state index contributed by atoms with van der Waals surface area (Å²) in [5, 5.41) is 2.59. The van der Waals surface area contributed by atoms with Crippen molar-refractivity contribution in [2.75, 3.05) is 20.3 Å². The van der Waals surface area contributed by atoms with Gasteiger partial charge in [0.1, 0.15) is 12.3 Å². The molecule has 1 atom stereocenters. The van der Waals surface area contributed by atoms with Crippen molar-refractivity contribution in [1.82, 2.24) is 19.4 Å². The summed E-state index contributed by atoms with van der Waals surface area (Å²) in [6.45, 7) is 4.10. The molecule has 0 aliphatic carbocycles. The van der Waals surface area contributed by atoms with Gasteiger partial charge in [-0.05, 0) is 24.8 Å².